The molecule has 1 aliphatic heterocycles. The van der Waals surface area contributed by atoms with Gasteiger partial charge in [-0.05, 0) is 83.4 Å². The number of hydrogen-bond donors (Lipinski definition) is 1. The van der Waals surface area contributed by atoms with Crippen LogP contribution in [-0.2, 0) is 4.79 Å². The van der Waals surface area contributed by atoms with Gasteiger partial charge in [-0.1, -0.05) is 60.4 Å². The van der Waals surface area contributed by atoms with Gasteiger partial charge < -0.3 is 14.8 Å². The van der Waals surface area contributed by atoms with Crippen molar-refractivity contribution < 1.29 is 14.3 Å². The fourth-order valence-corrected chi connectivity index (χ4v) is 6.14. The summed E-state index contributed by atoms with van der Waals surface area (Å²) in [5.74, 6) is 1.08. The summed E-state index contributed by atoms with van der Waals surface area (Å²) in [6.45, 7) is 8.33. The summed E-state index contributed by atoms with van der Waals surface area (Å²) < 4.78 is 14.2. The van der Waals surface area contributed by atoms with Crippen LogP contribution in [0.15, 0.2) is 111 Å². The van der Waals surface area contributed by atoms with Crippen molar-refractivity contribution in [1.82, 2.24) is 4.57 Å². The van der Waals surface area contributed by atoms with Gasteiger partial charge in [-0.25, -0.2) is 4.99 Å². The van der Waals surface area contributed by atoms with E-state index in [4.69, 9.17) is 14.5 Å². The molecule has 41 heavy (non-hydrogen) atoms. The fourth-order valence-electron chi connectivity index (χ4n) is 4.58. The molecule has 0 bridgehead atoms. The molecule has 4 aromatic rings. The summed E-state index contributed by atoms with van der Waals surface area (Å²) in [6.07, 6.45) is 3.50. The number of amides is 1. The standard InChI is InChI=1S/C32H28BrN3O4S/c1-4-17-40-26-16-11-21(18-25(26)33)19-27-31(38)36-29(22-12-14-24(15-13-22)39-5-2)28(20(3)34-32(36)41-27)30(37)35-23-9-7-6-8-10-23/h4,6-16,18-19,29H,1,5,17H2,2-3H3,(H,35,37)/b27-19-/t29-/m0/s1. The Bertz CT molecular complexity index is 1810. The number of thiazole rings is 1. The number of anilines is 1. The average Bonchev–Trinajstić information content (AvgIpc) is 3.27. The van der Waals surface area contributed by atoms with E-state index in [0.29, 0.717) is 51.0 Å². The highest BCUT2D eigenvalue weighted by atomic mass is 79.9. The van der Waals surface area contributed by atoms with Crippen LogP contribution in [0.4, 0.5) is 5.69 Å². The molecule has 208 valence electrons. The summed E-state index contributed by atoms with van der Waals surface area (Å²) >= 11 is 4.83. The molecule has 0 unspecified atom stereocenters. The van der Waals surface area contributed by atoms with Crippen molar-refractivity contribution in [1.29, 1.82) is 0 Å². The maximum atomic E-state index is 14.0. The van der Waals surface area contributed by atoms with Gasteiger partial charge in [-0.3, -0.25) is 14.2 Å². The number of fused-ring (bicyclic) bond motifs is 1. The van der Waals surface area contributed by atoms with Gasteiger partial charge in [0, 0.05) is 5.69 Å². The number of hydrogen-bond acceptors (Lipinski definition) is 6. The van der Waals surface area contributed by atoms with Crippen LogP contribution in [0.2, 0.25) is 0 Å². The van der Waals surface area contributed by atoms with Crippen molar-refractivity contribution in [2.75, 3.05) is 18.5 Å². The van der Waals surface area contributed by atoms with Crippen LogP contribution in [0.1, 0.15) is 31.0 Å². The molecule has 0 saturated carbocycles. The quantitative estimate of drug-likeness (QED) is 0.244. The van der Waals surface area contributed by atoms with E-state index >= 15 is 0 Å². The molecule has 1 aromatic heterocycles. The first-order valence-electron chi connectivity index (χ1n) is 13.0. The third-order valence-corrected chi connectivity index (χ3v) is 8.02. The monoisotopic (exact) mass is 629 g/mol. The van der Waals surface area contributed by atoms with E-state index in [1.54, 1.807) is 17.6 Å². The minimum absolute atomic E-state index is 0.228. The molecular weight excluding hydrogens is 602 g/mol. The van der Waals surface area contributed by atoms with E-state index < -0.39 is 6.04 Å². The molecule has 5 rings (SSSR count). The molecule has 1 amide bonds. The van der Waals surface area contributed by atoms with Crippen molar-refractivity contribution >= 4 is 44.9 Å². The third-order valence-electron chi connectivity index (χ3n) is 6.42. The van der Waals surface area contributed by atoms with Gasteiger partial charge in [0.2, 0.25) is 0 Å². The molecule has 1 aliphatic rings. The Labute approximate surface area is 249 Å². The summed E-state index contributed by atoms with van der Waals surface area (Å²) in [5, 5.41) is 2.97. The second-order valence-electron chi connectivity index (χ2n) is 9.19. The number of carbonyl (C=O) groups excluding carboxylic acids is 1. The number of ether oxygens (including phenoxy) is 2. The molecule has 7 nitrogen and oxygen atoms in total. The lowest BCUT2D eigenvalue weighted by molar-refractivity contribution is -0.113. The summed E-state index contributed by atoms with van der Waals surface area (Å²) in [4.78, 5) is 32.9. The van der Waals surface area contributed by atoms with Gasteiger partial charge in [0.25, 0.3) is 11.5 Å². The van der Waals surface area contributed by atoms with Gasteiger partial charge in [0.15, 0.2) is 4.80 Å². The molecule has 9 heteroatoms. The highest BCUT2D eigenvalue weighted by Crippen LogP contribution is 2.32. The summed E-state index contributed by atoms with van der Waals surface area (Å²) in [7, 11) is 0. The highest BCUT2D eigenvalue weighted by Gasteiger charge is 2.32. The number of nitrogens with zero attached hydrogens (tertiary/aromatic N) is 2. The number of allylic oxidation sites excluding steroid dienone is 1. The number of rotatable bonds is 9. The zero-order valence-electron chi connectivity index (χ0n) is 22.6. The molecule has 2 heterocycles. The number of nitrogens with one attached hydrogen (secondary N) is 1. The van der Waals surface area contributed by atoms with Crippen molar-refractivity contribution in [2.24, 2.45) is 4.99 Å². The van der Waals surface area contributed by atoms with Crippen LogP contribution in [0.5, 0.6) is 11.5 Å². The third kappa shape index (κ3) is 6.11. The maximum Gasteiger partial charge on any atom is 0.271 e. The largest absolute Gasteiger partial charge is 0.494 e. The average molecular weight is 631 g/mol. The van der Waals surface area contributed by atoms with E-state index in [-0.39, 0.29) is 11.5 Å². The van der Waals surface area contributed by atoms with Crippen LogP contribution < -0.4 is 29.7 Å². The molecule has 1 N–H and O–H groups in total. The molecule has 0 fully saturated rings. The lowest BCUT2D eigenvalue weighted by Gasteiger charge is -2.25. The van der Waals surface area contributed by atoms with Crippen LogP contribution in [0, 0.1) is 0 Å². The maximum absolute atomic E-state index is 14.0. The number of aromatic nitrogens is 1. The Morgan fingerprint density at radius 2 is 1.88 bits per heavy atom. The van der Waals surface area contributed by atoms with Gasteiger partial charge in [0.05, 0.1) is 32.9 Å². The zero-order chi connectivity index (χ0) is 28.9. The number of para-hydroxylation sites is 1. The van der Waals surface area contributed by atoms with Crippen molar-refractivity contribution in [3.8, 4) is 11.5 Å². The van der Waals surface area contributed by atoms with Crippen LogP contribution in [-0.4, -0.2) is 23.7 Å². The Kier molecular flexibility index (Phi) is 8.66. The van der Waals surface area contributed by atoms with E-state index in [0.717, 1.165) is 15.6 Å². The molecule has 0 saturated heterocycles. The van der Waals surface area contributed by atoms with Gasteiger partial charge >= 0.3 is 0 Å². The molecule has 1 atom stereocenters. The van der Waals surface area contributed by atoms with Crippen LogP contribution >= 0.6 is 27.3 Å². The summed E-state index contributed by atoms with van der Waals surface area (Å²) in [5.41, 5.74) is 2.99. The fraction of sp³-hybridized carbons (Fsp3) is 0.156. The normalized spacial score (nSPS) is 14.7. The van der Waals surface area contributed by atoms with Crippen LogP contribution in [0.3, 0.4) is 0 Å². The van der Waals surface area contributed by atoms with Crippen molar-refractivity contribution in [2.45, 2.75) is 19.9 Å². The minimum atomic E-state index is -0.672. The van der Waals surface area contributed by atoms with Crippen LogP contribution in [0.25, 0.3) is 6.08 Å². The lowest BCUT2D eigenvalue weighted by Crippen LogP contribution is -2.40. The predicted molar refractivity (Wildman–Crippen MR) is 166 cm³/mol. The van der Waals surface area contributed by atoms with Gasteiger partial charge in [-0.15, -0.1) is 0 Å². The SMILES string of the molecule is C=CCOc1ccc(/C=c2\sc3n(c2=O)[C@@H](c2ccc(OCC)cc2)C(C(=O)Nc2ccccc2)=C(C)N=3)cc1Br. The first-order valence-corrected chi connectivity index (χ1v) is 14.7. The van der Waals surface area contributed by atoms with E-state index in [1.165, 1.54) is 11.3 Å². The second-order valence-corrected chi connectivity index (χ2v) is 11.1. The lowest BCUT2D eigenvalue weighted by atomic mass is 9.95. The smallest absolute Gasteiger partial charge is 0.271 e. The molecule has 3 aromatic carbocycles. The van der Waals surface area contributed by atoms with E-state index in [9.17, 15) is 9.59 Å². The summed E-state index contributed by atoms with van der Waals surface area (Å²) in [6, 6.07) is 21.7. The Hall–Kier alpha value is -4.21. The van der Waals surface area contributed by atoms with Gasteiger partial charge in [-0.2, -0.15) is 0 Å². The second kappa shape index (κ2) is 12.5. The Morgan fingerprint density at radius 1 is 1.12 bits per heavy atom. The minimum Gasteiger partial charge on any atom is -0.494 e. The zero-order valence-corrected chi connectivity index (χ0v) is 25.0. The molecule has 0 radical (unpaired) electrons. The van der Waals surface area contributed by atoms with Crippen molar-refractivity contribution in [3.05, 3.63) is 132 Å². The van der Waals surface area contributed by atoms with Crippen molar-refractivity contribution in [3.63, 3.8) is 0 Å². The number of carbonyl (C=O) groups is 1. The first kappa shape index (κ1) is 28.3. The number of benzene rings is 3. The van der Waals surface area contributed by atoms with E-state index in [1.807, 2.05) is 85.8 Å². The number of halogens is 1. The highest BCUT2D eigenvalue weighted by molar-refractivity contribution is 9.10. The Morgan fingerprint density at radius 3 is 2.56 bits per heavy atom. The topological polar surface area (TPSA) is 81.9 Å². The molecular formula is C32H28BrN3O4S. The molecule has 0 aliphatic carbocycles. The van der Waals surface area contributed by atoms with E-state index in [2.05, 4.69) is 27.8 Å². The predicted octanol–water partition coefficient (Wildman–Crippen LogP) is 5.60. The van der Waals surface area contributed by atoms with Gasteiger partial charge in [0.1, 0.15) is 18.1 Å². The Balaban J connectivity index is 1.61. The molecule has 0 spiro atoms. The first-order chi connectivity index (χ1) is 19.9.